The van der Waals surface area contributed by atoms with Crippen molar-refractivity contribution in [1.29, 1.82) is 0 Å². The van der Waals surface area contributed by atoms with Crippen LogP contribution in [0.5, 0.6) is 0 Å². The third-order valence-corrected chi connectivity index (χ3v) is 3.40. The molecule has 0 heterocycles. The Balaban J connectivity index is 2.42. The van der Waals surface area contributed by atoms with E-state index in [0.29, 0.717) is 0 Å². The topological polar surface area (TPSA) is 0 Å². The number of allylic oxidation sites excluding steroid dienone is 3. The minimum absolute atomic E-state index is 0.763. The minimum atomic E-state index is 0.763. The molecule has 0 heteroatoms. The number of hydrogen-bond acceptors (Lipinski definition) is 0. The molecule has 0 bridgehead atoms. The van der Waals surface area contributed by atoms with Gasteiger partial charge in [-0.05, 0) is 31.6 Å². The third-order valence-electron chi connectivity index (χ3n) is 3.40. The van der Waals surface area contributed by atoms with E-state index in [2.05, 4.69) is 32.6 Å². The first-order valence-corrected chi connectivity index (χ1v) is 6.05. The second-order valence-corrected chi connectivity index (χ2v) is 4.74. The van der Waals surface area contributed by atoms with Crippen molar-refractivity contribution >= 4 is 0 Å². The van der Waals surface area contributed by atoms with Gasteiger partial charge < -0.3 is 0 Å². The smallest absolute Gasteiger partial charge is 0.0168 e. The van der Waals surface area contributed by atoms with Crippen LogP contribution in [-0.4, -0.2) is 0 Å². The summed E-state index contributed by atoms with van der Waals surface area (Å²) in [4.78, 5) is 0. The lowest BCUT2D eigenvalue weighted by atomic mass is 9.83. The average molecular weight is 192 g/mol. The summed E-state index contributed by atoms with van der Waals surface area (Å²) in [6.07, 6.45) is 12.6. The summed E-state index contributed by atoms with van der Waals surface area (Å²) < 4.78 is 0. The molecular formula is C14H24. The van der Waals surface area contributed by atoms with Gasteiger partial charge in [0.2, 0.25) is 0 Å². The molecule has 0 amide bonds. The highest BCUT2D eigenvalue weighted by atomic mass is 14.2. The van der Waals surface area contributed by atoms with Gasteiger partial charge in [-0.3, -0.25) is 0 Å². The van der Waals surface area contributed by atoms with E-state index in [-0.39, 0.29) is 0 Å². The Morgan fingerprint density at radius 2 is 1.71 bits per heavy atom. The fraction of sp³-hybridized carbons (Fsp3) is 0.714. The van der Waals surface area contributed by atoms with Crippen molar-refractivity contribution in [2.45, 2.75) is 52.4 Å². The first-order chi connectivity index (χ1) is 6.74. The van der Waals surface area contributed by atoms with E-state index < -0.39 is 0 Å². The molecule has 14 heavy (non-hydrogen) atoms. The van der Waals surface area contributed by atoms with E-state index in [1.807, 2.05) is 0 Å². The maximum Gasteiger partial charge on any atom is -0.0168 e. The zero-order valence-electron chi connectivity index (χ0n) is 9.76. The summed E-state index contributed by atoms with van der Waals surface area (Å²) in [5, 5.41) is 0. The van der Waals surface area contributed by atoms with Crippen molar-refractivity contribution in [3.8, 4) is 0 Å². The molecule has 1 aliphatic rings. The van der Waals surface area contributed by atoms with Crippen molar-refractivity contribution in [1.82, 2.24) is 0 Å². The van der Waals surface area contributed by atoms with Crippen molar-refractivity contribution in [3.63, 3.8) is 0 Å². The van der Waals surface area contributed by atoms with Gasteiger partial charge in [-0.2, -0.15) is 0 Å². The summed E-state index contributed by atoms with van der Waals surface area (Å²) in [6, 6.07) is 0. The highest BCUT2D eigenvalue weighted by Gasteiger charge is 2.15. The van der Waals surface area contributed by atoms with E-state index in [9.17, 15) is 0 Å². The molecule has 1 aliphatic carbocycles. The molecule has 80 valence electrons. The fourth-order valence-corrected chi connectivity index (χ4v) is 2.44. The predicted molar refractivity (Wildman–Crippen MR) is 64.3 cm³/mol. The highest BCUT2D eigenvalue weighted by Crippen LogP contribution is 2.29. The van der Waals surface area contributed by atoms with Gasteiger partial charge in [0.05, 0.1) is 0 Å². The van der Waals surface area contributed by atoms with Crippen LogP contribution in [-0.2, 0) is 0 Å². The van der Waals surface area contributed by atoms with Gasteiger partial charge >= 0.3 is 0 Å². The SMILES string of the molecule is C=C(/C=C\C)C1CCCC(C)CCC1. The van der Waals surface area contributed by atoms with Crippen molar-refractivity contribution in [3.05, 3.63) is 24.3 Å². The second kappa shape index (κ2) is 6.06. The van der Waals surface area contributed by atoms with Gasteiger partial charge in [-0.1, -0.05) is 56.9 Å². The lowest BCUT2D eigenvalue weighted by Crippen LogP contribution is -2.08. The molecule has 0 aromatic rings. The van der Waals surface area contributed by atoms with Crippen LogP contribution in [0.25, 0.3) is 0 Å². The molecule has 0 saturated heterocycles. The van der Waals surface area contributed by atoms with Gasteiger partial charge in [0.25, 0.3) is 0 Å². The molecule has 1 rings (SSSR count). The van der Waals surface area contributed by atoms with E-state index in [0.717, 1.165) is 11.8 Å². The fourth-order valence-electron chi connectivity index (χ4n) is 2.44. The number of rotatable bonds is 2. The van der Waals surface area contributed by atoms with Crippen LogP contribution in [0.15, 0.2) is 24.3 Å². The molecule has 0 nitrogen and oxygen atoms in total. The van der Waals surface area contributed by atoms with E-state index in [1.165, 1.54) is 44.1 Å². The summed E-state index contributed by atoms with van der Waals surface area (Å²) in [5.41, 5.74) is 1.35. The van der Waals surface area contributed by atoms with Crippen molar-refractivity contribution in [2.75, 3.05) is 0 Å². The van der Waals surface area contributed by atoms with Crippen LogP contribution < -0.4 is 0 Å². The molecule has 0 aromatic heterocycles. The molecule has 1 saturated carbocycles. The minimum Gasteiger partial charge on any atom is -0.0956 e. The normalized spacial score (nSPS) is 29.9. The maximum atomic E-state index is 4.17. The highest BCUT2D eigenvalue weighted by molar-refractivity contribution is 5.17. The third kappa shape index (κ3) is 3.69. The largest absolute Gasteiger partial charge is 0.0956 e. The van der Waals surface area contributed by atoms with E-state index in [1.54, 1.807) is 0 Å². The van der Waals surface area contributed by atoms with Gasteiger partial charge in [0.15, 0.2) is 0 Å². The Labute approximate surface area is 89.1 Å². The molecule has 1 fully saturated rings. The molecule has 0 spiro atoms. The number of hydrogen-bond donors (Lipinski definition) is 0. The first kappa shape index (κ1) is 11.6. The van der Waals surface area contributed by atoms with Crippen LogP contribution in [0.1, 0.15) is 52.4 Å². The average Bonchev–Trinajstić information content (AvgIpc) is 2.11. The van der Waals surface area contributed by atoms with Crippen LogP contribution in [0, 0.1) is 11.8 Å². The Hall–Kier alpha value is -0.520. The van der Waals surface area contributed by atoms with Crippen LogP contribution in [0.3, 0.4) is 0 Å². The molecule has 0 unspecified atom stereocenters. The van der Waals surface area contributed by atoms with Crippen LogP contribution in [0.4, 0.5) is 0 Å². The van der Waals surface area contributed by atoms with Gasteiger partial charge in [-0.15, -0.1) is 0 Å². The second-order valence-electron chi connectivity index (χ2n) is 4.74. The molecule has 0 radical (unpaired) electrons. The summed E-state index contributed by atoms with van der Waals surface area (Å²) in [7, 11) is 0. The zero-order valence-corrected chi connectivity index (χ0v) is 9.76. The Morgan fingerprint density at radius 3 is 2.21 bits per heavy atom. The van der Waals surface area contributed by atoms with Crippen LogP contribution in [0.2, 0.25) is 0 Å². The standard InChI is InChI=1S/C14H24/c1-4-7-13(3)14-10-5-8-12(2)9-6-11-14/h4,7,12,14H,3,5-6,8-11H2,1-2H3/b7-4-. The first-order valence-electron chi connectivity index (χ1n) is 6.05. The lowest BCUT2D eigenvalue weighted by molar-refractivity contribution is 0.360. The maximum absolute atomic E-state index is 4.17. The molecule has 0 N–H and O–H groups in total. The van der Waals surface area contributed by atoms with Crippen LogP contribution >= 0.6 is 0 Å². The zero-order chi connectivity index (χ0) is 10.4. The van der Waals surface area contributed by atoms with Crippen molar-refractivity contribution < 1.29 is 0 Å². The van der Waals surface area contributed by atoms with E-state index in [4.69, 9.17) is 0 Å². The lowest BCUT2D eigenvalue weighted by Gasteiger charge is -2.22. The predicted octanol–water partition coefficient (Wildman–Crippen LogP) is 4.73. The Kier molecular flexibility index (Phi) is 5.00. The summed E-state index contributed by atoms with van der Waals surface area (Å²) in [5.74, 6) is 1.71. The molecular weight excluding hydrogens is 168 g/mol. The van der Waals surface area contributed by atoms with E-state index >= 15 is 0 Å². The van der Waals surface area contributed by atoms with Gasteiger partial charge in [0.1, 0.15) is 0 Å². The molecule has 0 aromatic carbocycles. The van der Waals surface area contributed by atoms with Gasteiger partial charge in [-0.25, -0.2) is 0 Å². The monoisotopic (exact) mass is 192 g/mol. The molecule has 0 atom stereocenters. The Bertz CT molecular complexity index is 190. The molecule has 0 aliphatic heterocycles. The summed E-state index contributed by atoms with van der Waals surface area (Å²) in [6.45, 7) is 8.64. The Morgan fingerprint density at radius 1 is 1.14 bits per heavy atom. The quantitative estimate of drug-likeness (QED) is 0.555. The van der Waals surface area contributed by atoms with Gasteiger partial charge in [0, 0.05) is 0 Å². The van der Waals surface area contributed by atoms with Crippen molar-refractivity contribution in [2.24, 2.45) is 11.8 Å². The summed E-state index contributed by atoms with van der Waals surface area (Å²) >= 11 is 0.